The van der Waals surface area contributed by atoms with Crippen LogP contribution in [-0.4, -0.2) is 44.7 Å². The number of amides is 2. The number of nitrogens with zero attached hydrogens (tertiary/aromatic N) is 1. The normalized spacial score (nSPS) is 16.9. The van der Waals surface area contributed by atoms with E-state index in [1.807, 2.05) is 38.4 Å². The lowest BCUT2D eigenvalue weighted by atomic mass is 9.96. The standard InChI is InChI=1S/C18H29N3O2/c1-21(2)17(14-9-11-16(23-3)12-10-14)13-19-18(22)20-15-7-5-4-6-8-15/h9-12,15,17H,4-8,13H2,1-3H3,(H2,19,20,22). The van der Waals surface area contributed by atoms with Crippen LogP contribution in [0.2, 0.25) is 0 Å². The Labute approximate surface area is 139 Å². The summed E-state index contributed by atoms with van der Waals surface area (Å²) in [7, 11) is 5.71. The Hall–Kier alpha value is -1.75. The first-order valence-corrected chi connectivity index (χ1v) is 8.45. The van der Waals surface area contributed by atoms with Crippen molar-refractivity contribution >= 4 is 6.03 Å². The first kappa shape index (κ1) is 17.6. The first-order chi connectivity index (χ1) is 11.1. The van der Waals surface area contributed by atoms with E-state index in [1.165, 1.54) is 19.3 Å². The van der Waals surface area contributed by atoms with Crippen molar-refractivity contribution in [1.82, 2.24) is 15.5 Å². The minimum absolute atomic E-state index is 0.0581. The zero-order chi connectivity index (χ0) is 16.7. The maximum atomic E-state index is 12.1. The van der Waals surface area contributed by atoms with E-state index < -0.39 is 0 Å². The molecule has 2 amide bonds. The predicted octanol–water partition coefficient (Wildman–Crippen LogP) is 2.93. The highest BCUT2D eigenvalue weighted by Gasteiger charge is 2.18. The molecule has 0 radical (unpaired) electrons. The number of urea groups is 1. The molecule has 2 N–H and O–H groups in total. The van der Waals surface area contributed by atoms with Crippen molar-refractivity contribution in [3.63, 3.8) is 0 Å². The van der Waals surface area contributed by atoms with E-state index in [1.54, 1.807) is 7.11 Å². The molecule has 1 atom stereocenters. The van der Waals surface area contributed by atoms with Gasteiger partial charge in [-0.3, -0.25) is 0 Å². The van der Waals surface area contributed by atoms with Crippen LogP contribution < -0.4 is 15.4 Å². The molecule has 128 valence electrons. The molecule has 1 aromatic rings. The number of carbonyl (C=O) groups excluding carboxylic acids is 1. The fourth-order valence-electron chi connectivity index (χ4n) is 3.10. The van der Waals surface area contributed by atoms with Crippen molar-refractivity contribution in [1.29, 1.82) is 0 Å². The predicted molar refractivity (Wildman–Crippen MR) is 92.8 cm³/mol. The van der Waals surface area contributed by atoms with Crippen LogP contribution in [0.5, 0.6) is 5.75 Å². The molecule has 23 heavy (non-hydrogen) atoms. The van der Waals surface area contributed by atoms with Crippen LogP contribution in [0.15, 0.2) is 24.3 Å². The molecule has 0 spiro atoms. The lowest BCUT2D eigenvalue weighted by molar-refractivity contribution is 0.225. The highest BCUT2D eigenvalue weighted by atomic mass is 16.5. The minimum Gasteiger partial charge on any atom is -0.497 e. The molecular weight excluding hydrogens is 290 g/mol. The number of hydrogen-bond donors (Lipinski definition) is 2. The van der Waals surface area contributed by atoms with Crippen molar-refractivity contribution < 1.29 is 9.53 Å². The third kappa shape index (κ3) is 5.43. The average Bonchev–Trinajstić information content (AvgIpc) is 2.56. The van der Waals surface area contributed by atoms with E-state index in [9.17, 15) is 4.79 Å². The Morgan fingerprint density at radius 3 is 2.43 bits per heavy atom. The Morgan fingerprint density at radius 1 is 1.22 bits per heavy atom. The summed E-state index contributed by atoms with van der Waals surface area (Å²) in [5.74, 6) is 0.842. The molecule has 0 aliphatic heterocycles. The Balaban J connectivity index is 1.87. The maximum absolute atomic E-state index is 12.1. The molecule has 5 nitrogen and oxygen atoms in total. The van der Waals surface area contributed by atoms with Gasteiger partial charge >= 0.3 is 6.03 Å². The molecule has 1 saturated carbocycles. The van der Waals surface area contributed by atoms with Gasteiger partial charge in [0.2, 0.25) is 0 Å². The van der Waals surface area contributed by atoms with Crippen molar-refractivity contribution in [2.75, 3.05) is 27.7 Å². The number of hydrogen-bond acceptors (Lipinski definition) is 3. The average molecular weight is 319 g/mol. The van der Waals surface area contributed by atoms with Crippen LogP contribution in [0, 0.1) is 0 Å². The Bertz CT molecular complexity index is 482. The topological polar surface area (TPSA) is 53.6 Å². The van der Waals surface area contributed by atoms with Crippen LogP contribution in [0.1, 0.15) is 43.7 Å². The van der Waals surface area contributed by atoms with Gasteiger partial charge in [0.05, 0.1) is 13.2 Å². The fraction of sp³-hybridized carbons (Fsp3) is 0.611. The third-order valence-electron chi connectivity index (χ3n) is 4.52. The third-order valence-corrected chi connectivity index (χ3v) is 4.52. The van der Waals surface area contributed by atoms with Crippen LogP contribution in [0.25, 0.3) is 0 Å². The molecule has 1 aromatic carbocycles. The molecule has 5 heteroatoms. The molecule has 1 unspecified atom stereocenters. The molecule has 0 saturated heterocycles. The summed E-state index contributed by atoms with van der Waals surface area (Å²) in [6.45, 7) is 0.581. The van der Waals surface area contributed by atoms with Crippen LogP contribution >= 0.6 is 0 Å². The highest BCUT2D eigenvalue weighted by Crippen LogP contribution is 2.21. The zero-order valence-electron chi connectivity index (χ0n) is 14.5. The number of methoxy groups -OCH3 is 1. The van der Waals surface area contributed by atoms with Gasteiger partial charge in [0.25, 0.3) is 0 Å². The molecule has 2 rings (SSSR count). The maximum Gasteiger partial charge on any atom is 0.315 e. The summed E-state index contributed by atoms with van der Waals surface area (Å²) in [5.41, 5.74) is 1.16. The summed E-state index contributed by atoms with van der Waals surface area (Å²) < 4.78 is 5.20. The molecule has 1 aliphatic carbocycles. The Morgan fingerprint density at radius 2 is 1.87 bits per heavy atom. The van der Waals surface area contributed by atoms with E-state index in [4.69, 9.17) is 4.74 Å². The van der Waals surface area contributed by atoms with Crippen molar-refractivity contribution in [2.45, 2.75) is 44.2 Å². The second-order valence-corrected chi connectivity index (χ2v) is 6.44. The van der Waals surface area contributed by atoms with E-state index >= 15 is 0 Å². The fourth-order valence-corrected chi connectivity index (χ4v) is 3.10. The van der Waals surface area contributed by atoms with Crippen molar-refractivity contribution in [3.8, 4) is 5.75 Å². The number of rotatable bonds is 6. The van der Waals surface area contributed by atoms with Crippen molar-refractivity contribution in [2.24, 2.45) is 0 Å². The van der Waals surface area contributed by atoms with Gasteiger partial charge in [-0.15, -0.1) is 0 Å². The number of likely N-dealkylation sites (N-methyl/N-ethyl adjacent to an activating group) is 1. The lowest BCUT2D eigenvalue weighted by Gasteiger charge is -2.27. The highest BCUT2D eigenvalue weighted by molar-refractivity contribution is 5.74. The lowest BCUT2D eigenvalue weighted by Crippen LogP contribution is -2.45. The van der Waals surface area contributed by atoms with Crippen molar-refractivity contribution in [3.05, 3.63) is 29.8 Å². The molecule has 0 aromatic heterocycles. The van der Waals surface area contributed by atoms with E-state index in [2.05, 4.69) is 15.5 Å². The van der Waals surface area contributed by atoms with Gasteiger partial charge in [0, 0.05) is 12.6 Å². The molecule has 1 fully saturated rings. The van der Waals surface area contributed by atoms with Gasteiger partial charge in [-0.1, -0.05) is 31.4 Å². The number of carbonyl (C=O) groups is 1. The van der Waals surface area contributed by atoms with Gasteiger partial charge in [-0.05, 0) is 44.6 Å². The summed E-state index contributed by atoms with van der Waals surface area (Å²) in [6, 6.07) is 8.41. The van der Waals surface area contributed by atoms with Gasteiger partial charge in [0.1, 0.15) is 5.75 Å². The summed E-state index contributed by atoms with van der Waals surface area (Å²) in [4.78, 5) is 14.2. The summed E-state index contributed by atoms with van der Waals surface area (Å²) in [5, 5.41) is 6.11. The van der Waals surface area contributed by atoms with E-state index in [0.717, 1.165) is 24.2 Å². The van der Waals surface area contributed by atoms with Crippen LogP contribution in [0.3, 0.4) is 0 Å². The Kier molecular flexibility index (Phi) is 6.71. The zero-order valence-corrected chi connectivity index (χ0v) is 14.5. The van der Waals surface area contributed by atoms with Crippen LogP contribution in [-0.2, 0) is 0 Å². The van der Waals surface area contributed by atoms with Crippen LogP contribution in [0.4, 0.5) is 4.79 Å². The van der Waals surface area contributed by atoms with Gasteiger partial charge in [0.15, 0.2) is 0 Å². The molecule has 0 heterocycles. The van der Waals surface area contributed by atoms with E-state index in [0.29, 0.717) is 12.6 Å². The second kappa shape index (κ2) is 8.77. The molecular formula is C18H29N3O2. The van der Waals surface area contributed by atoms with E-state index in [-0.39, 0.29) is 12.1 Å². The van der Waals surface area contributed by atoms with Gasteiger partial charge in [-0.25, -0.2) is 4.79 Å². The minimum atomic E-state index is -0.0581. The van der Waals surface area contributed by atoms with Gasteiger partial charge in [-0.2, -0.15) is 0 Å². The second-order valence-electron chi connectivity index (χ2n) is 6.44. The largest absolute Gasteiger partial charge is 0.497 e. The summed E-state index contributed by atoms with van der Waals surface area (Å²) >= 11 is 0. The molecule has 0 bridgehead atoms. The number of ether oxygens (including phenoxy) is 1. The quantitative estimate of drug-likeness (QED) is 0.847. The number of benzene rings is 1. The monoisotopic (exact) mass is 319 g/mol. The summed E-state index contributed by atoms with van der Waals surface area (Å²) in [6.07, 6.45) is 5.93. The SMILES string of the molecule is COc1ccc(C(CNC(=O)NC2CCCCC2)N(C)C)cc1. The molecule has 1 aliphatic rings. The number of nitrogens with one attached hydrogen (secondary N) is 2. The first-order valence-electron chi connectivity index (χ1n) is 8.45. The smallest absolute Gasteiger partial charge is 0.315 e. The van der Waals surface area contributed by atoms with Gasteiger partial charge < -0.3 is 20.3 Å².